The second kappa shape index (κ2) is 5.66. The zero-order valence-corrected chi connectivity index (χ0v) is 12.9. The summed E-state index contributed by atoms with van der Waals surface area (Å²) in [6, 6.07) is 5.23. The van der Waals surface area contributed by atoms with E-state index in [0.717, 1.165) is 4.90 Å². The Morgan fingerprint density at radius 1 is 1.45 bits per heavy atom. The van der Waals surface area contributed by atoms with Gasteiger partial charge in [0.05, 0.1) is 10.6 Å². The lowest BCUT2D eigenvalue weighted by molar-refractivity contribution is -0.147. The van der Waals surface area contributed by atoms with Crippen molar-refractivity contribution < 1.29 is 14.7 Å². The van der Waals surface area contributed by atoms with Gasteiger partial charge in [-0.2, -0.15) is 0 Å². The predicted molar refractivity (Wildman–Crippen MR) is 79.5 cm³/mol. The third kappa shape index (κ3) is 2.52. The third-order valence-electron chi connectivity index (χ3n) is 3.75. The minimum Gasteiger partial charge on any atom is -0.480 e. The number of carboxylic acid groups (broad SMARTS) is 1. The molecule has 0 aromatic heterocycles. The standard InChI is InChI=1S/C14H16ClNO3S/c1-14(13(18)19)6-3-7-16(14)12(17)10-8-9(20-2)4-5-11(10)15/h4-5,8H,3,6-7H2,1-2H3,(H,18,19). The summed E-state index contributed by atoms with van der Waals surface area (Å²) in [4.78, 5) is 26.4. The maximum absolute atomic E-state index is 12.6. The number of thioether (sulfide) groups is 1. The van der Waals surface area contributed by atoms with Crippen LogP contribution in [-0.2, 0) is 4.79 Å². The van der Waals surface area contributed by atoms with Gasteiger partial charge in [-0.15, -0.1) is 11.8 Å². The molecule has 1 aliphatic rings. The number of carbonyl (C=O) groups excluding carboxylic acids is 1. The maximum Gasteiger partial charge on any atom is 0.329 e. The van der Waals surface area contributed by atoms with Gasteiger partial charge in [-0.3, -0.25) is 4.79 Å². The molecule has 0 saturated carbocycles. The van der Waals surface area contributed by atoms with Crippen LogP contribution in [0.15, 0.2) is 23.1 Å². The summed E-state index contributed by atoms with van der Waals surface area (Å²) < 4.78 is 0. The number of aliphatic carboxylic acids is 1. The summed E-state index contributed by atoms with van der Waals surface area (Å²) in [5, 5.41) is 9.73. The minimum absolute atomic E-state index is 0.312. The Morgan fingerprint density at radius 2 is 2.15 bits per heavy atom. The minimum atomic E-state index is -1.14. The molecule has 0 aliphatic carbocycles. The van der Waals surface area contributed by atoms with Crippen LogP contribution in [0.2, 0.25) is 5.02 Å². The fraction of sp³-hybridized carbons (Fsp3) is 0.429. The Kier molecular flexibility index (Phi) is 4.30. The molecule has 4 nitrogen and oxygen atoms in total. The van der Waals surface area contributed by atoms with Crippen molar-refractivity contribution in [1.29, 1.82) is 0 Å². The number of halogens is 1. The number of nitrogens with zero attached hydrogens (tertiary/aromatic N) is 1. The second-order valence-electron chi connectivity index (χ2n) is 4.99. The topological polar surface area (TPSA) is 57.6 Å². The van der Waals surface area contributed by atoms with E-state index < -0.39 is 11.5 Å². The first-order valence-electron chi connectivity index (χ1n) is 6.29. The van der Waals surface area contributed by atoms with Crippen molar-refractivity contribution in [2.45, 2.75) is 30.2 Å². The molecule has 2 rings (SSSR count). The van der Waals surface area contributed by atoms with Crippen molar-refractivity contribution in [1.82, 2.24) is 4.90 Å². The van der Waals surface area contributed by atoms with Crippen LogP contribution in [0.3, 0.4) is 0 Å². The quantitative estimate of drug-likeness (QED) is 0.871. The lowest BCUT2D eigenvalue weighted by atomic mass is 9.98. The summed E-state index contributed by atoms with van der Waals surface area (Å²) in [6.45, 7) is 2.04. The van der Waals surface area contributed by atoms with Gasteiger partial charge in [-0.25, -0.2) is 4.79 Å². The summed E-state index contributed by atoms with van der Waals surface area (Å²) in [5.41, 5.74) is -0.775. The van der Waals surface area contributed by atoms with Crippen molar-refractivity contribution in [3.63, 3.8) is 0 Å². The Bertz CT molecular complexity index is 563. The van der Waals surface area contributed by atoms with Crippen LogP contribution in [0, 0.1) is 0 Å². The van der Waals surface area contributed by atoms with Crippen molar-refractivity contribution in [2.75, 3.05) is 12.8 Å². The van der Waals surface area contributed by atoms with E-state index in [9.17, 15) is 14.7 Å². The van der Waals surface area contributed by atoms with E-state index in [-0.39, 0.29) is 5.91 Å². The van der Waals surface area contributed by atoms with E-state index in [1.54, 1.807) is 19.1 Å². The smallest absolute Gasteiger partial charge is 0.329 e. The van der Waals surface area contributed by atoms with E-state index in [4.69, 9.17) is 11.6 Å². The van der Waals surface area contributed by atoms with E-state index in [1.165, 1.54) is 16.7 Å². The second-order valence-corrected chi connectivity index (χ2v) is 6.27. The van der Waals surface area contributed by atoms with Crippen LogP contribution >= 0.6 is 23.4 Å². The van der Waals surface area contributed by atoms with Crippen LogP contribution in [0.25, 0.3) is 0 Å². The Hall–Kier alpha value is -1.20. The van der Waals surface area contributed by atoms with Gasteiger partial charge in [0, 0.05) is 11.4 Å². The maximum atomic E-state index is 12.6. The molecule has 1 N–H and O–H groups in total. The third-order valence-corrected chi connectivity index (χ3v) is 4.81. The van der Waals surface area contributed by atoms with Gasteiger partial charge in [-0.1, -0.05) is 11.6 Å². The fourth-order valence-electron chi connectivity index (χ4n) is 2.45. The Balaban J connectivity index is 2.38. The number of likely N-dealkylation sites (tertiary alicyclic amines) is 1. The molecule has 1 aromatic carbocycles. The lowest BCUT2D eigenvalue weighted by Crippen LogP contribution is -2.50. The molecule has 20 heavy (non-hydrogen) atoms. The van der Waals surface area contributed by atoms with Crippen molar-refractivity contribution >= 4 is 35.2 Å². The molecule has 1 atom stereocenters. The average Bonchev–Trinajstić information content (AvgIpc) is 2.82. The molecule has 1 heterocycles. The first kappa shape index (κ1) is 15.2. The number of hydrogen-bond acceptors (Lipinski definition) is 3. The number of hydrogen-bond donors (Lipinski definition) is 1. The molecule has 1 aromatic rings. The Labute approximate surface area is 127 Å². The molecule has 6 heteroatoms. The molecule has 1 aliphatic heterocycles. The molecular weight excluding hydrogens is 298 g/mol. The van der Waals surface area contributed by atoms with Crippen LogP contribution in [0.4, 0.5) is 0 Å². The zero-order valence-electron chi connectivity index (χ0n) is 11.4. The number of benzene rings is 1. The first-order valence-corrected chi connectivity index (χ1v) is 7.89. The van der Waals surface area contributed by atoms with Gasteiger partial charge in [0.25, 0.3) is 5.91 Å². The van der Waals surface area contributed by atoms with Crippen LogP contribution in [0.1, 0.15) is 30.1 Å². The molecule has 1 amide bonds. The highest BCUT2D eigenvalue weighted by Gasteiger charge is 2.46. The van der Waals surface area contributed by atoms with Gasteiger partial charge in [0.15, 0.2) is 0 Å². The number of rotatable bonds is 3. The molecular formula is C14H16ClNO3S. The van der Waals surface area contributed by atoms with Gasteiger partial charge >= 0.3 is 5.97 Å². The fourth-order valence-corrected chi connectivity index (χ4v) is 3.09. The SMILES string of the molecule is CSc1ccc(Cl)c(C(=O)N2CCCC2(C)C(=O)O)c1. The van der Waals surface area contributed by atoms with Gasteiger partial charge < -0.3 is 10.0 Å². The predicted octanol–water partition coefficient (Wildman–Crippen LogP) is 3.14. The highest BCUT2D eigenvalue weighted by atomic mass is 35.5. The molecule has 0 spiro atoms. The van der Waals surface area contributed by atoms with E-state index in [0.29, 0.717) is 30.0 Å². The van der Waals surface area contributed by atoms with E-state index in [1.807, 2.05) is 12.3 Å². The van der Waals surface area contributed by atoms with Crippen LogP contribution in [-0.4, -0.2) is 40.2 Å². The van der Waals surface area contributed by atoms with Crippen LogP contribution < -0.4 is 0 Å². The molecule has 1 saturated heterocycles. The van der Waals surface area contributed by atoms with Gasteiger partial charge in [0.1, 0.15) is 5.54 Å². The largest absolute Gasteiger partial charge is 0.480 e. The van der Waals surface area contributed by atoms with Gasteiger partial charge in [0.2, 0.25) is 0 Å². The van der Waals surface area contributed by atoms with Crippen molar-refractivity contribution in [2.24, 2.45) is 0 Å². The normalized spacial score (nSPS) is 22.1. The van der Waals surface area contributed by atoms with E-state index in [2.05, 4.69) is 0 Å². The lowest BCUT2D eigenvalue weighted by Gasteiger charge is -2.31. The highest BCUT2D eigenvalue weighted by molar-refractivity contribution is 7.98. The number of carboxylic acids is 1. The van der Waals surface area contributed by atoms with Crippen LogP contribution in [0.5, 0.6) is 0 Å². The van der Waals surface area contributed by atoms with E-state index >= 15 is 0 Å². The average molecular weight is 314 g/mol. The molecule has 0 bridgehead atoms. The molecule has 0 radical (unpaired) electrons. The number of amides is 1. The first-order chi connectivity index (χ1) is 9.40. The van der Waals surface area contributed by atoms with Crippen molar-refractivity contribution in [3.05, 3.63) is 28.8 Å². The summed E-state index contributed by atoms with van der Waals surface area (Å²) >= 11 is 7.61. The summed E-state index contributed by atoms with van der Waals surface area (Å²) in [6.07, 6.45) is 3.07. The molecule has 1 fully saturated rings. The van der Waals surface area contributed by atoms with Gasteiger partial charge in [-0.05, 0) is 44.2 Å². The number of carbonyl (C=O) groups is 2. The molecule has 1 unspecified atom stereocenters. The summed E-state index contributed by atoms with van der Waals surface area (Å²) in [7, 11) is 0. The monoisotopic (exact) mass is 313 g/mol. The molecule has 108 valence electrons. The highest BCUT2D eigenvalue weighted by Crippen LogP contribution is 2.33. The summed E-state index contributed by atoms with van der Waals surface area (Å²) in [5.74, 6) is -1.28. The van der Waals surface area contributed by atoms with Crippen molar-refractivity contribution in [3.8, 4) is 0 Å². The Morgan fingerprint density at radius 3 is 2.75 bits per heavy atom. The zero-order chi connectivity index (χ0) is 14.9.